The van der Waals surface area contributed by atoms with Crippen molar-refractivity contribution in [1.82, 2.24) is 24.7 Å². The van der Waals surface area contributed by atoms with Gasteiger partial charge in [0.15, 0.2) is 5.65 Å². The number of carbonyl (C=O) groups is 1. The van der Waals surface area contributed by atoms with Crippen molar-refractivity contribution >= 4 is 33.7 Å². The molecule has 0 aliphatic heterocycles. The van der Waals surface area contributed by atoms with Crippen LogP contribution in [-0.2, 0) is 18.3 Å². The highest BCUT2D eigenvalue weighted by Gasteiger charge is 2.23. The van der Waals surface area contributed by atoms with Gasteiger partial charge in [-0.05, 0) is 62.4 Å². The van der Waals surface area contributed by atoms with Gasteiger partial charge in [0.2, 0.25) is 11.8 Å². The second-order valence-corrected chi connectivity index (χ2v) is 8.66. The van der Waals surface area contributed by atoms with Gasteiger partial charge in [-0.3, -0.25) is 4.79 Å². The molecule has 2 N–H and O–H groups in total. The normalized spacial score (nSPS) is 14.1. The number of hydrogen-bond donors (Lipinski definition) is 2. The lowest BCUT2D eigenvalue weighted by Crippen LogP contribution is -2.13. The molecule has 1 amide bonds. The molecule has 1 fully saturated rings. The van der Waals surface area contributed by atoms with Crippen LogP contribution in [0.3, 0.4) is 0 Å². The Kier molecular flexibility index (Phi) is 5.07. The second-order valence-electron chi connectivity index (χ2n) is 8.66. The topological polar surface area (TPSA) is 97.7 Å². The first-order valence-electron chi connectivity index (χ1n) is 11.1. The first kappa shape index (κ1) is 20.5. The van der Waals surface area contributed by atoms with Crippen molar-refractivity contribution in [2.24, 2.45) is 7.05 Å². The Bertz CT molecular complexity index is 1330. The van der Waals surface area contributed by atoms with E-state index in [1.807, 2.05) is 39.1 Å². The molecule has 0 atom stereocenters. The molecule has 8 nitrogen and oxygen atoms in total. The van der Waals surface area contributed by atoms with Crippen molar-refractivity contribution in [3.8, 4) is 5.88 Å². The summed E-state index contributed by atoms with van der Waals surface area (Å²) >= 11 is 0. The van der Waals surface area contributed by atoms with Crippen LogP contribution in [0.25, 0.3) is 22.1 Å². The highest BCUT2D eigenvalue weighted by atomic mass is 16.5. The summed E-state index contributed by atoms with van der Waals surface area (Å²) in [7, 11) is 3.47. The number of aromatic amines is 1. The van der Waals surface area contributed by atoms with Gasteiger partial charge in [-0.1, -0.05) is 6.42 Å². The smallest absolute Gasteiger partial charge is 0.242 e. The Morgan fingerprint density at radius 1 is 1.28 bits per heavy atom. The van der Waals surface area contributed by atoms with Gasteiger partial charge in [0, 0.05) is 30.8 Å². The highest BCUT2D eigenvalue weighted by molar-refractivity contribution is 5.93. The zero-order valence-corrected chi connectivity index (χ0v) is 19.0. The summed E-state index contributed by atoms with van der Waals surface area (Å²) in [6.45, 7) is 4.02. The van der Waals surface area contributed by atoms with E-state index in [9.17, 15) is 4.79 Å². The largest absolute Gasteiger partial charge is 0.479 e. The molecule has 166 valence electrons. The number of imidazole rings is 1. The third-order valence-corrected chi connectivity index (χ3v) is 6.59. The predicted octanol–water partition coefficient (Wildman–Crippen LogP) is 4.31. The average Bonchev–Trinajstić information content (AvgIpc) is 3.26. The summed E-state index contributed by atoms with van der Waals surface area (Å²) in [5.41, 5.74) is 6.52. The Morgan fingerprint density at radius 3 is 2.81 bits per heavy atom. The quantitative estimate of drug-likeness (QED) is 0.473. The molecule has 0 spiro atoms. The lowest BCUT2D eigenvalue weighted by atomic mass is 9.85. The monoisotopic (exact) mass is 432 g/mol. The lowest BCUT2D eigenvalue weighted by molar-refractivity contribution is -0.116. The molecule has 0 saturated heterocycles. The van der Waals surface area contributed by atoms with Gasteiger partial charge in [-0.15, -0.1) is 5.10 Å². The maximum atomic E-state index is 12.7. The third kappa shape index (κ3) is 3.49. The molecule has 1 aliphatic rings. The van der Waals surface area contributed by atoms with E-state index in [4.69, 9.17) is 14.7 Å². The zero-order chi connectivity index (χ0) is 22.4. The maximum Gasteiger partial charge on any atom is 0.242 e. The number of anilines is 1. The number of rotatable bonds is 6. The van der Waals surface area contributed by atoms with E-state index in [-0.39, 0.29) is 5.91 Å². The summed E-state index contributed by atoms with van der Waals surface area (Å²) < 4.78 is 7.16. The van der Waals surface area contributed by atoms with Gasteiger partial charge < -0.3 is 15.0 Å². The van der Waals surface area contributed by atoms with E-state index >= 15 is 0 Å². The number of methoxy groups -OCH3 is 1. The van der Waals surface area contributed by atoms with Crippen molar-refractivity contribution in [3.63, 3.8) is 0 Å². The van der Waals surface area contributed by atoms with Crippen LogP contribution in [0.5, 0.6) is 5.88 Å². The Morgan fingerprint density at radius 2 is 2.09 bits per heavy atom. The fourth-order valence-corrected chi connectivity index (χ4v) is 4.55. The van der Waals surface area contributed by atoms with Crippen LogP contribution in [0.4, 0.5) is 5.69 Å². The molecule has 0 bridgehead atoms. The summed E-state index contributed by atoms with van der Waals surface area (Å²) in [6.07, 6.45) is 4.65. The molecule has 1 saturated carbocycles. The number of pyridine rings is 1. The fourth-order valence-electron chi connectivity index (χ4n) is 4.55. The number of amides is 1. The second kappa shape index (κ2) is 7.93. The van der Waals surface area contributed by atoms with Crippen LogP contribution in [-0.4, -0.2) is 37.7 Å². The van der Waals surface area contributed by atoms with Crippen molar-refractivity contribution in [2.45, 2.75) is 51.9 Å². The summed E-state index contributed by atoms with van der Waals surface area (Å²) in [4.78, 5) is 25.5. The molecule has 3 heterocycles. The Hall–Kier alpha value is -3.42. The van der Waals surface area contributed by atoms with Crippen LogP contribution in [0.1, 0.15) is 54.2 Å². The fraction of sp³-hybridized carbons (Fsp3) is 0.417. The number of aryl methyl sites for hydroxylation is 3. The number of benzene rings is 1. The van der Waals surface area contributed by atoms with E-state index in [0.29, 0.717) is 24.6 Å². The van der Waals surface area contributed by atoms with E-state index < -0.39 is 0 Å². The highest BCUT2D eigenvalue weighted by Crippen LogP contribution is 2.35. The van der Waals surface area contributed by atoms with Crippen LogP contribution >= 0.6 is 0 Å². The van der Waals surface area contributed by atoms with Gasteiger partial charge in [0.1, 0.15) is 5.82 Å². The molecule has 1 aliphatic carbocycles. The van der Waals surface area contributed by atoms with Gasteiger partial charge in [0.05, 0.1) is 23.5 Å². The van der Waals surface area contributed by atoms with Crippen LogP contribution < -0.4 is 10.1 Å². The number of nitrogens with zero attached hydrogens (tertiary/aromatic N) is 4. The van der Waals surface area contributed by atoms with Crippen molar-refractivity contribution < 1.29 is 9.53 Å². The van der Waals surface area contributed by atoms with E-state index in [1.54, 1.807) is 11.8 Å². The molecule has 0 radical (unpaired) electrons. The number of nitrogens with one attached hydrogen (secondary N) is 2. The van der Waals surface area contributed by atoms with E-state index in [1.165, 1.54) is 19.3 Å². The van der Waals surface area contributed by atoms with Gasteiger partial charge in [0.25, 0.3) is 0 Å². The summed E-state index contributed by atoms with van der Waals surface area (Å²) in [6, 6.07) is 5.84. The van der Waals surface area contributed by atoms with Gasteiger partial charge >= 0.3 is 0 Å². The van der Waals surface area contributed by atoms with Crippen LogP contribution in [0.2, 0.25) is 0 Å². The van der Waals surface area contributed by atoms with Gasteiger partial charge in [-0.25, -0.2) is 14.6 Å². The Labute approximate surface area is 186 Å². The maximum absolute atomic E-state index is 12.7. The summed E-state index contributed by atoms with van der Waals surface area (Å²) in [5.74, 6) is 2.15. The van der Waals surface area contributed by atoms with E-state index in [0.717, 1.165) is 50.4 Å². The number of carbonyl (C=O) groups excluding carboxylic acids is 1. The summed E-state index contributed by atoms with van der Waals surface area (Å²) in [5, 5.41) is 8.32. The molecule has 4 aromatic rings. The first-order chi connectivity index (χ1) is 15.4. The number of aromatic nitrogens is 5. The minimum absolute atomic E-state index is 0.0277. The molecular formula is C24H28N6O2. The standard InChI is InChI=1S/C24H28N6O2/c1-13-17(14(2)25-23-21(13)24(32-4)29-30(23)3)9-11-20(31)26-16-8-10-18-19(12-16)28-22(27-18)15-6-5-7-15/h8,10,12,15H,5-7,9,11H2,1-4H3,(H,26,31)(H,27,28). The Balaban J connectivity index is 1.31. The molecule has 0 unspecified atom stereocenters. The number of H-pyrrole nitrogens is 1. The number of fused-ring (bicyclic) bond motifs is 2. The van der Waals surface area contributed by atoms with E-state index in [2.05, 4.69) is 15.4 Å². The van der Waals surface area contributed by atoms with Crippen molar-refractivity contribution in [2.75, 3.05) is 12.4 Å². The molecular weight excluding hydrogens is 404 g/mol. The first-order valence-corrected chi connectivity index (χ1v) is 11.1. The minimum Gasteiger partial charge on any atom is -0.479 e. The third-order valence-electron chi connectivity index (χ3n) is 6.59. The van der Waals surface area contributed by atoms with Crippen LogP contribution in [0, 0.1) is 13.8 Å². The van der Waals surface area contributed by atoms with Crippen LogP contribution in [0.15, 0.2) is 18.2 Å². The van der Waals surface area contributed by atoms with Crippen molar-refractivity contribution in [1.29, 1.82) is 0 Å². The zero-order valence-electron chi connectivity index (χ0n) is 19.0. The minimum atomic E-state index is -0.0277. The number of ether oxygens (including phenoxy) is 1. The lowest BCUT2D eigenvalue weighted by Gasteiger charge is -2.22. The molecule has 1 aromatic carbocycles. The molecule has 32 heavy (non-hydrogen) atoms. The predicted molar refractivity (Wildman–Crippen MR) is 124 cm³/mol. The van der Waals surface area contributed by atoms with Crippen molar-refractivity contribution in [3.05, 3.63) is 40.8 Å². The van der Waals surface area contributed by atoms with Gasteiger partial charge in [-0.2, -0.15) is 0 Å². The molecule has 5 rings (SSSR count). The SMILES string of the molecule is COc1nn(C)c2nc(C)c(CCC(=O)Nc3ccc4nc(C5CCC5)[nH]c4c3)c(C)c12. The molecule has 8 heteroatoms. The number of hydrogen-bond acceptors (Lipinski definition) is 5. The average molecular weight is 433 g/mol. The molecule has 3 aromatic heterocycles.